The summed E-state index contributed by atoms with van der Waals surface area (Å²) < 4.78 is 15.6. The quantitative estimate of drug-likeness (QED) is 0.242. The highest BCUT2D eigenvalue weighted by Gasteiger charge is 2.39. The van der Waals surface area contributed by atoms with Crippen molar-refractivity contribution in [3.8, 4) is 11.5 Å². The zero-order valence-corrected chi connectivity index (χ0v) is 14.5. The summed E-state index contributed by atoms with van der Waals surface area (Å²) in [5.74, 6) is -2.38. The number of nitro groups is 1. The van der Waals surface area contributed by atoms with Crippen molar-refractivity contribution in [1.82, 2.24) is 0 Å². The van der Waals surface area contributed by atoms with Crippen LogP contribution in [0.4, 0.5) is 5.69 Å². The summed E-state index contributed by atoms with van der Waals surface area (Å²) in [4.78, 5) is 35.2. The second kappa shape index (κ2) is 7.86. The lowest BCUT2D eigenvalue weighted by Crippen LogP contribution is -2.20. The maximum atomic E-state index is 12.6. The van der Waals surface area contributed by atoms with Crippen LogP contribution in [0.1, 0.15) is 22.3 Å². The van der Waals surface area contributed by atoms with E-state index in [0.29, 0.717) is 0 Å². The van der Waals surface area contributed by atoms with Gasteiger partial charge in [0, 0.05) is 6.42 Å². The Morgan fingerprint density at radius 2 is 2.00 bits per heavy atom. The van der Waals surface area contributed by atoms with E-state index in [1.165, 1.54) is 19.2 Å². The third-order valence-corrected chi connectivity index (χ3v) is 4.24. The molecule has 0 aromatic heterocycles. The van der Waals surface area contributed by atoms with Gasteiger partial charge in [-0.25, -0.2) is 0 Å². The first-order chi connectivity index (χ1) is 13.0. The van der Waals surface area contributed by atoms with Crippen LogP contribution in [-0.2, 0) is 16.1 Å². The predicted molar refractivity (Wildman–Crippen MR) is 93.8 cm³/mol. The van der Waals surface area contributed by atoms with Gasteiger partial charge in [0.05, 0.1) is 18.6 Å². The predicted octanol–water partition coefficient (Wildman–Crippen LogP) is 2.93. The Kier molecular flexibility index (Phi) is 5.35. The van der Waals surface area contributed by atoms with Crippen LogP contribution in [0.15, 0.2) is 42.5 Å². The molecule has 0 N–H and O–H groups in total. The number of rotatable bonds is 7. The Morgan fingerprint density at radius 3 is 2.59 bits per heavy atom. The molecule has 0 spiro atoms. The third kappa shape index (κ3) is 3.74. The van der Waals surface area contributed by atoms with E-state index < -0.39 is 28.3 Å². The second-order valence-electron chi connectivity index (χ2n) is 5.90. The molecule has 2 aromatic rings. The molecule has 0 aliphatic carbocycles. The third-order valence-electron chi connectivity index (χ3n) is 4.24. The minimum absolute atomic E-state index is 0.123. The SMILES string of the molecule is COc1c(OCc2ccccc2)ccc(C(=O)C2CCOC2=O)c1[N+](=O)[O-]. The van der Waals surface area contributed by atoms with Crippen LogP contribution < -0.4 is 9.47 Å². The van der Waals surface area contributed by atoms with Gasteiger partial charge in [0.1, 0.15) is 18.1 Å². The summed E-state index contributed by atoms with van der Waals surface area (Å²) in [7, 11) is 1.26. The van der Waals surface area contributed by atoms with Crippen molar-refractivity contribution in [3.63, 3.8) is 0 Å². The first kappa shape index (κ1) is 18.4. The molecule has 1 unspecified atom stereocenters. The molecule has 1 heterocycles. The van der Waals surface area contributed by atoms with Crippen molar-refractivity contribution >= 4 is 17.4 Å². The molecule has 8 nitrogen and oxygen atoms in total. The molecule has 1 saturated heterocycles. The minimum atomic E-state index is -1.04. The largest absolute Gasteiger partial charge is 0.488 e. The van der Waals surface area contributed by atoms with E-state index >= 15 is 0 Å². The Hall–Kier alpha value is -3.42. The number of nitro benzene ring substituents is 1. The van der Waals surface area contributed by atoms with Crippen molar-refractivity contribution in [2.45, 2.75) is 13.0 Å². The van der Waals surface area contributed by atoms with E-state index in [1.807, 2.05) is 30.3 Å². The fourth-order valence-electron chi connectivity index (χ4n) is 2.90. The highest BCUT2D eigenvalue weighted by Crippen LogP contribution is 2.41. The van der Waals surface area contributed by atoms with E-state index in [-0.39, 0.29) is 36.7 Å². The fourth-order valence-corrected chi connectivity index (χ4v) is 2.90. The van der Waals surface area contributed by atoms with Gasteiger partial charge in [-0.2, -0.15) is 0 Å². The highest BCUT2D eigenvalue weighted by atomic mass is 16.6. The summed E-state index contributed by atoms with van der Waals surface area (Å²) in [6.45, 7) is 0.301. The van der Waals surface area contributed by atoms with Gasteiger partial charge in [-0.15, -0.1) is 0 Å². The van der Waals surface area contributed by atoms with Crippen LogP contribution in [0.2, 0.25) is 0 Å². The van der Waals surface area contributed by atoms with Gasteiger partial charge in [-0.3, -0.25) is 19.7 Å². The molecule has 0 saturated carbocycles. The Bertz CT molecular complexity index is 879. The number of nitrogens with zero attached hydrogens (tertiary/aromatic N) is 1. The number of hydrogen-bond acceptors (Lipinski definition) is 7. The molecule has 1 aliphatic rings. The number of carbonyl (C=O) groups is 2. The zero-order chi connectivity index (χ0) is 19.4. The number of cyclic esters (lactones) is 1. The lowest BCUT2D eigenvalue weighted by atomic mass is 9.95. The molecule has 0 amide bonds. The normalized spacial score (nSPS) is 15.9. The molecule has 0 bridgehead atoms. The van der Waals surface area contributed by atoms with Gasteiger partial charge in [0.25, 0.3) is 0 Å². The average molecular weight is 371 g/mol. The average Bonchev–Trinajstić information content (AvgIpc) is 3.11. The zero-order valence-electron chi connectivity index (χ0n) is 14.5. The molecule has 1 fully saturated rings. The molecular formula is C19H17NO7. The Balaban J connectivity index is 1.95. The smallest absolute Gasteiger partial charge is 0.325 e. The Labute approximate surface area is 154 Å². The maximum Gasteiger partial charge on any atom is 0.325 e. The minimum Gasteiger partial charge on any atom is -0.488 e. The van der Waals surface area contributed by atoms with E-state index in [2.05, 4.69) is 0 Å². The van der Waals surface area contributed by atoms with Gasteiger partial charge >= 0.3 is 11.7 Å². The fraction of sp³-hybridized carbons (Fsp3) is 0.263. The molecule has 3 rings (SSSR count). The number of ketones is 1. The van der Waals surface area contributed by atoms with Crippen LogP contribution >= 0.6 is 0 Å². The van der Waals surface area contributed by atoms with E-state index in [0.717, 1.165) is 5.56 Å². The van der Waals surface area contributed by atoms with Crippen molar-refractivity contribution < 1.29 is 28.7 Å². The van der Waals surface area contributed by atoms with Crippen LogP contribution in [-0.4, -0.2) is 30.4 Å². The molecule has 1 aliphatic heterocycles. The van der Waals surface area contributed by atoms with Gasteiger partial charge in [-0.05, 0) is 17.7 Å². The number of carbonyl (C=O) groups excluding carboxylic acids is 2. The molecule has 0 radical (unpaired) electrons. The van der Waals surface area contributed by atoms with Crippen molar-refractivity contribution in [1.29, 1.82) is 0 Å². The van der Waals surface area contributed by atoms with Gasteiger partial charge in [0.15, 0.2) is 11.5 Å². The van der Waals surface area contributed by atoms with Gasteiger partial charge < -0.3 is 14.2 Å². The summed E-state index contributed by atoms with van der Waals surface area (Å²) in [5, 5.41) is 11.6. The number of Topliss-reactive ketones (excluding diaryl/α,β-unsaturated/α-hetero) is 1. The number of methoxy groups -OCH3 is 1. The first-order valence-electron chi connectivity index (χ1n) is 8.26. The van der Waals surface area contributed by atoms with E-state index in [4.69, 9.17) is 14.2 Å². The molecule has 27 heavy (non-hydrogen) atoms. The number of hydrogen-bond donors (Lipinski definition) is 0. The molecule has 1 atom stereocenters. The van der Waals surface area contributed by atoms with Crippen molar-refractivity contribution in [2.24, 2.45) is 5.92 Å². The molecule has 140 valence electrons. The highest BCUT2D eigenvalue weighted by molar-refractivity contribution is 6.12. The van der Waals surface area contributed by atoms with Crippen LogP contribution in [0, 0.1) is 16.0 Å². The van der Waals surface area contributed by atoms with Gasteiger partial charge in [0.2, 0.25) is 5.75 Å². The van der Waals surface area contributed by atoms with Crippen molar-refractivity contribution in [2.75, 3.05) is 13.7 Å². The molecular weight excluding hydrogens is 354 g/mol. The summed E-state index contributed by atoms with van der Waals surface area (Å²) >= 11 is 0. The van der Waals surface area contributed by atoms with E-state index in [9.17, 15) is 19.7 Å². The van der Waals surface area contributed by atoms with Crippen LogP contribution in [0.5, 0.6) is 11.5 Å². The second-order valence-corrected chi connectivity index (χ2v) is 5.90. The number of ether oxygens (including phenoxy) is 3. The summed E-state index contributed by atoms with van der Waals surface area (Å²) in [6, 6.07) is 12.0. The van der Waals surface area contributed by atoms with Crippen LogP contribution in [0.25, 0.3) is 0 Å². The topological polar surface area (TPSA) is 105 Å². The summed E-state index contributed by atoms with van der Waals surface area (Å²) in [6.07, 6.45) is 0.198. The lowest BCUT2D eigenvalue weighted by Gasteiger charge is -2.13. The number of esters is 1. The van der Waals surface area contributed by atoms with E-state index in [1.54, 1.807) is 0 Å². The Morgan fingerprint density at radius 1 is 1.26 bits per heavy atom. The van der Waals surface area contributed by atoms with Crippen LogP contribution in [0.3, 0.4) is 0 Å². The maximum absolute atomic E-state index is 12.6. The first-order valence-corrected chi connectivity index (χ1v) is 8.26. The summed E-state index contributed by atoms with van der Waals surface area (Å²) in [5.41, 5.74) is 0.150. The number of benzene rings is 2. The molecule has 8 heteroatoms. The van der Waals surface area contributed by atoms with Gasteiger partial charge in [-0.1, -0.05) is 30.3 Å². The lowest BCUT2D eigenvalue weighted by molar-refractivity contribution is -0.386. The molecule has 2 aromatic carbocycles. The monoisotopic (exact) mass is 371 g/mol. The standard InChI is InChI=1S/C19H17NO7/c1-25-18-15(27-11-12-5-3-2-4-6-12)8-7-13(16(18)20(23)24)17(21)14-9-10-26-19(14)22/h2-8,14H,9-11H2,1H3. The van der Waals surface area contributed by atoms with Crippen molar-refractivity contribution in [3.05, 3.63) is 63.7 Å².